The number of unbranched alkanes of at least 4 members (excludes halogenated alkanes) is 29. The Kier molecular flexibility index (Phi) is 44.7. The Morgan fingerprint density at radius 3 is 0.982 bits per heavy atom. The van der Waals surface area contributed by atoms with Crippen LogP contribution in [0.1, 0.15) is 258 Å². The molecule has 0 aliphatic carbocycles. The van der Waals surface area contributed by atoms with Crippen molar-refractivity contribution in [1.82, 2.24) is 21.3 Å². The van der Waals surface area contributed by atoms with Gasteiger partial charge in [0.25, 0.3) is 0 Å². The zero-order valence-electron chi connectivity index (χ0n) is 38.0. The molecule has 0 aromatic heterocycles. The van der Waals surface area contributed by atoms with Gasteiger partial charge in [0.2, 0.25) is 17.7 Å². The van der Waals surface area contributed by atoms with Crippen LogP contribution in [0.4, 0.5) is 0 Å². The van der Waals surface area contributed by atoms with Crippen LogP contribution in [0.15, 0.2) is 0 Å². The fraction of sp³-hybridized carbons (Fsp3) is 0.939. The van der Waals surface area contributed by atoms with Crippen LogP contribution in [0.5, 0.6) is 0 Å². The molecule has 332 valence electrons. The maximum absolute atomic E-state index is 12.6. The molecule has 7 nitrogen and oxygen atoms in total. The first-order valence-electron chi connectivity index (χ1n) is 25.0. The van der Waals surface area contributed by atoms with E-state index in [-0.39, 0.29) is 17.7 Å². The summed E-state index contributed by atoms with van der Waals surface area (Å²) in [6.45, 7) is 9.82. The second kappa shape index (κ2) is 46.1. The lowest BCUT2D eigenvalue weighted by molar-refractivity contribution is -0.122. The number of hydrogen-bond donors (Lipinski definition) is 4. The number of amides is 3. The van der Waals surface area contributed by atoms with Gasteiger partial charge in [-0.05, 0) is 25.2 Å². The Morgan fingerprint density at radius 2 is 0.607 bits per heavy atom. The molecular formula is C49H98N4O3. The SMILES string of the molecule is CCCCCCCCCCCCCCCCNC(=O)CCNCCC(=O)NCCC(=O)NCC(CCCCCCCCCC)CCCCCCCCCCCC. The third-order valence-corrected chi connectivity index (χ3v) is 11.6. The standard InChI is InChI=1S/C49H98N4O3/c1-4-7-10-13-16-19-21-22-23-24-26-29-32-35-41-51-47(54)38-42-50-43-39-48(55)52-44-40-49(56)53-45-46(36-33-30-27-18-15-12-9-6-3)37-34-31-28-25-20-17-14-11-8-5-2/h46,50H,4-45H2,1-3H3,(H,51,54)(H,52,55)(H,53,56). The summed E-state index contributed by atoms with van der Waals surface area (Å²) >= 11 is 0. The molecule has 0 aliphatic heterocycles. The third kappa shape index (κ3) is 43.5. The molecule has 0 bridgehead atoms. The molecule has 0 heterocycles. The van der Waals surface area contributed by atoms with Gasteiger partial charge in [0.05, 0.1) is 0 Å². The van der Waals surface area contributed by atoms with Gasteiger partial charge in [0, 0.05) is 52.0 Å². The minimum absolute atomic E-state index is 0.0347. The third-order valence-electron chi connectivity index (χ3n) is 11.6. The molecule has 0 rings (SSSR count). The lowest BCUT2D eigenvalue weighted by Crippen LogP contribution is -2.34. The van der Waals surface area contributed by atoms with Gasteiger partial charge in [-0.1, -0.05) is 220 Å². The van der Waals surface area contributed by atoms with Crippen molar-refractivity contribution in [2.24, 2.45) is 5.92 Å². The lowest BCUT2D eigenvalue weighted by atomic mass is 9.93. The highest BCUT2D eigenvalue weighted by Gasteiger charge is 2.12. The first-order chi connectivity index (χ1) is 27.5. The largest absolute Gasteiger partial charge is 0.356 e. The zero-order valence-corrected chi connectivity index (χ0v) is 38.0. The number of hydrogen-bond acceptors (Lipinski definition) is 4. The first-order valence-corrected chi connectivity index (χ1v) is 25.0. The minimum atomic E-state index is -0.0545. The van der Waals surface area contributed by atoms with Gasteiger partial charge in [-0.25, -0.2) is 0 Å². The maximum Gasteiger partial charge on any atom is 0.221 e. The monoisotopic (exact) mass is 791 g/mol. The Labute approximate surface area is 349 Å². The predicted molar refractivity (Wildman–Crippen MR) is 243 cm³/mol. The van der Waals surface area contributed by atoms with Crippen LogP contribution in [-0.4, -0.2) is 50.4 Å². The quantitative estimate of drug-likeness (QED) is 0.0461. The van der Waals surface area contributed by atoms with Crippen molar-refractivity contribution in [3.8, 4) is 0 Å². The van der Waals surface area contributed by atoms with E-state index in [1.165, 1.54) is 212 Å². The van der Waals surface area contributed by atoms with Gasteiger partial charge in [-0.15, -0.1) is 0 Å². The molecule has 0 saturated heterocycles. The molecule has 0 spiro atoms. The van der Waals surface area contributed by atoms with Gasteiger partial charge in [0.1, 0.15) is 0 Å². The summed E-state index contributed by atoms with van der Waals surface area (Å²) in [5.41, 5.74) is 0. The van der Waals surface area contributed by atoms with Crippen molar-refractivity contribution in [2.75, 3.05) is 32.7 Å². The first kappa shape index (κ1) is 54.4. The second-order valence-corrected chi connectivity index (χ2v) is 17.2. The molecule has 0 radical (unpaired) electrons. The van der Waals surface area contributed by atoms with E-state index in [1.807, 2.05) is 0 Å². The molecule has 1 atom stereocenters. The molecule has 56 heavy (non-hydrogen) atoms. The van der Waals surface area contributed by atoms with Crippen LogP contribution in [0.2, 0.25) is 0 Å². The summed E-state index contributed by atoms with van der Waals surface area (Å²) in [4.78, 5) is 37.1. The van der Waals surface area contributed by atoms with Crippen LogP contribution in [0.3, 0.4) is 0 Å². The molecular weight excluding hydrogens is 693 g/mol. The van der Waals surface area contributed by atoms with Gasteiger partial charge in [0.15, 0.2) is 0 Å². The van der Waals surface area contributed by atoms with Crippen LogP contribution >= 0.6 is 0 Å². The topological polar surface area (TPSA) is 99.3 Å². The van der Waals surface area contributed by atoms with E-state index in [4.69, 9.17) is 0 Å². The molecule has 0 aromatic rings. The van der Waals surface area contributed by atoms with Crippen LogP contribution in [-0.2, 0) is 14.4 Å². The fourth-order valence-electron chi connectivity index (χ4n) is 7.75. The van der Waals surface area contributed by atoms with E-state index >= 15 is 0 Å². The van der Waals surface area contributed by atoms with Crippen LogP contribution in [0.25, 0.3) is 0 Å². The van der Waals surface area contributed by atoms with E-state index in [0.717, 1.165) is 19.5 Å². The van der Waals surface area contributed by atoms with Crippen LogP contribution < -0.4 is 21.3 Å². The Hall–Kier alpha value is -1.63. The summed E-state index contributed by atoms with van der Waals surface area (Å²) in [5, 5.41) is 12.3. The highest BCUT2D eigenvalue weighted by Crippen LogP contribution is 2.20. The zero-order chi connectivity index (χ0) is 40.8. The molecule has 0 fully saturated rings. The number of carbonyl (C=O) groups excluding carboxylic acids is 3. The van der Waals surface area contributed by atoms with Gasteiger partial charge < -0.3 is 21.3 Å². The van der Waals surface area contributed by atoms with E-state index < -0.39 is 0 Å². The average Bonchev–Trinajstić information content (AvgIpc) is 3.19. The predicted octanol–water partition coefficient (Wildman–Crippen LogP) is 13.0. The summed E-state index contributed by atoms with van der Waals surface area (Å²) in [6, 6.07) is 0. The van der Waals surface area contributed by atoms with E-state index in [2.05, 4.69) is 42.0 Å². The highest BCUT2D eigenvalue weighted by molar-refractivity contribution is 5.79. The number of nitrogens with one attached hydrogen (secondary N) is 4. The Balaban J connectivity index is 3.91. The molecule has 3 amide bonds. The molecule has 1 unspecified atom stereocenters. The van der Waals surface area contributed by atoms with Crippen LogP contribution in [0, 0.1) is 5.92 Å². The normalized spacial score (nSPS) is 11.8. The Bertz CT molecular complexity index is 838. The van der Waals surface area contributed by atoms with E-state index in [1.54, 1.807) is 0 Å². The molecule has 0 aromatic carbocycles. The fourth-order valence-corrected chi connectivity index (χ4v) is 7.75. The van der Waals surface area contributed by atoms with E-state index in [0.29, 0.717) is 44.8 Å². The smallest absolute Gasteiger partial charge is 0.221 e. The van der Waals surface area contributed by atoms with Gasteiger partial charge in [-0.3, -0.25) is 14.4 Å². The number of rotatable bonds is 46. The van der Waals surface area contributed by atoms with Crippen molar-refractivity contribution in [3.05, 3.63) is 0 Å². The van der Waals surface area contributed by atoms with E-state index in [9.17, 15) is 14.4 Å². The maximum atomic E-state index is 12.6. The highest BCUT2D eigenvalue weighted by atomic mass is 16.2. The van der Waals surface area contributed by atoms with Crippen molar-refractivity contribution < 1.29 is 14.4 Å². The summed E-state index contributed by atoms with van der Waals surface area (Å²) in [7, 11) is 0. The van der Waals surface area contributed by atoms with Gasteiger partial charge in [-0.2, -0.15) is 0 Å². The Morgan fingerprint density at radius 1 is 0.321 bits per heavy atom. The number of carbonyl (C=O) groups is 3. The van der Waals surface area contributed by atoms with Crippen molar-refractivity contribution in [3.63, 3.8) is 0 Å². The summed E-state index contributed by atoms with van der Waals surface area (Å²) in [6.07, 6.45) is 46.5. The molecule has 4 N–H and O–H groups in total. The lowest BCUT2D eigenvalue weighted by Gasteiger charge is -2.18. The summed E-state index contributed by atoms with van der Waals surface area (Å²) in [5.74, 6) is 0.611. The molecule has 0 saturated carbocycles. The van der Waals surface area contributed by atoms with Crippen molar-refractivity contribution in [2.45, 2.75) is 258 Å². The average molecular weight is 791 g/mol. The molecule has 0 aliphatic rings. The van der Waals surface area contributed by atoms with Crippen molar-refractivity contribution >= 4 is 17.7 Å². The van der Waals surface area contributed by atoms with Crippen molar-refractivity contribution in [1.29, 1.82) is 0 Å². The minimum Gasteiger partial charge on any atom is -0.356 e. The molecule has 7 heteroatoms. The second-order valence-electron chi connectivity index (χ2n) is 17.2. The van der Waals surface area contributed by atoms with Gasteiger partial charge >= 0.3 is 0 Å². The summed E-state index contributed by atoms with van der Waals surface area (Å²) < 4.78 is 0.